The van der Waals surface area contributed by atoms with Crippen LogP contribution in [0.3, 0.4) is 0 Å². The lowest BCUT2D eigenvalue weighted by Crippen LogP contribution is -2.11. The number of hydrogen-bond donors (Lipinski definition) is 2. The number of aromatic nitrogens is 2. The number of anilines is 3. The van der Waals surface area contributed by atoms with E-state index in [1.165, 1.54) is 6.07 Å². The maximum Gasteiger partial charge on any atom is 0.177 e. The average molecular weight is 455 g/mol. The Labute approximate surface area is 201 Å². The minimum Gasteiger partial charge on any atom is -0.508 e. The van der Waals surface area contributed by atoms with Gasteiger partial charge in [0.05, 0.1) is 16.7 Å². The Morgan fingerprint density at radius 3 is 1.60 bits per heavy atom. The molecule has 1 aromatic heterocycles. The highest BCUT2D eigenvalue weighted by Gasteiger charge is 2.20. The van der Waals surface area contributed by atoms with E-state index >= 15 is 0 Å². The lowest BCUT2D eigenvalue weighted by Gasteiger charge is -2.28. The van der Waals surface area contributed by atoms with Gasteiger partial charge in [-0.25, -0.2) is 9.97 Å². The van der Waals surface area contributed by atoms with Gasteiger partial charge in [-0.15, -0.1) is 0 Å². The zero-order chi connectivity index (χ0) is 24.4. The lowest BCUT2D eigenvalue weighted by molar-refractivity contribution is 0.451. The molecule has 0 saturated carbocycles. The standard InChI is InChI=1S/C28H17N5O2/c29-16-26-27(17-30)32-25-15-28(23(14-24(25)31-26)18-11-21(34)13-22(35)12-18)33(19-7-3-1-4-8-19)20-9-5-2-6-10-20/h1-15,34-35H. The summed E-state index contributed by atoms with van der Waals surface area (Å²) in [6.45, 7) is 0. The number of fused-ring (bicyclic) bond motifs is 1. The largest absolute Gasteiger partial charge is 0.508 e. The first-order valence-corrected chi connectivity index (χ1v) is 10.7. The number of nitrogens with zero attached hydrogens (tertiary/aromatic N) is 5. The second-order valence-corrected chi connectivity index (χ2v) is 7.75. The number of rotatable bonds is 4. The quantitative estimate of drug-likeness (QED) is 0.345. The lowest BCUT2D eigenvalue weighted by atomic mass is 9.99. The molecule has 5 rings (SSSR count). The van der Waals surface area contributed by atoms with Crippen molar-refractivity contribution in [1.29, 1.82) is 10.5 Å². The Bertz CT molecular complexity index is 1580. The van der Waals surface area contributed by atoms with Crippen molar-refractivity contribution in [1.82, 2.24) is 9.97 Å². The monoisotopic (exact) mass is 455 g/mol. The normalized spacial score (nSPS) is 10.5. The van der Waals surface area contributed by atoms with Gasteiger partial charge in [-0.05, 0) is 54.1 Å². The molecule has 7 heteroatoms. The van der Waals surface area contributed by atoms with Gasteiger partial charge < -0.3 is 15.1 Å². The Kier molecular flexibility index (Phi) is 5.43. The summed E-state index contributed by atoms with van der Waals surface area (Å²) in [5.74, 6) is -0.193. The Hall–Kier alpha value is -5.40. The molecule has 0 fully saturated rings. The molecule has 0 unspecified atom stereocenters. The Balaban J connectivity index is 1.88. The number of phenolic OH excluding ortho intramolecular Hbond substituents is 2. The van der Waals surface area contributed by atoms with Crippen LogP contribution in [0.4, 0.5) is 17.1 Å². The van der Waals surface area contributed by atoms with Gasteiger partial charge in [0.15, 0.2) is 11.4 Å². The third kappa shape index (κ3) is 4.06. The van der Waals surface area contributed by atoms with Gasteiger partial charge in [0.1, 0.15) is 23.6 Å². The third-order valence-corrected chi connectivity index (χ3v) is 5.48. The molecule has 1 heterocycles. The van der Waals surface area contributed by atoms with Gasteiger partial charge >= 0.3 is 0 Å². The molecule has 0 atom stereocenters. The number of phenols is 2. The topological polar surface area (TPSA) is 117 Å². The van der Waals surface area contributed by atoms with Crippen LogP contribution in [0.25, 0.3) is 22.2 Å². The molecule has 0 amide bonds. The maximum absolute atomic E-state index is 10.2. The highest BCUT2D eigenvalue weighted by atomic mass is 16.3. The summed E-state index contributed by atoms with van der Waals surface area (Å²) in [6, 6.07) is 31.2. The molecule has 5 aromatic rings. The van der Waals surface area contributed by atoms with E-state index in [4.69, 9.17) is 0 Å². The van der Waals surface area contributed by atoms with Gasteiger partial charge in [-0.3, -0.25) is 0 Å². The molecule has 4 aromatic carbocycles. The van der Waals surface area contributed by atoms with Gasteiger partial charge in [-0.2, -0.15) is 10.5 Å². The van der Waals surface area contributed by atoms with Crippen LogP contribution in [0.2, 0.25) is 0 Å². The van der Waals surface area contributed by atoms with E-state index in [1.807, 2.05) is 77.7 Å². The molecule has 2 N–H and O–H groups in total. The number of para-hydroxylation sites is 2. The van der Waals surface area contributed by atoms with Crippen molar-refractivity contribution in [3.05, 3.63) is 102 Å². The molecule has 35 heavy (non-hydrogen) atoms. The summed E-state index contributed by atoms with van der Waals surface area (Å²) in [7, 11) is 0. The minimum atomic E-state index is -0.0966. The van der Waals surface area contributed by atoms with Crippen molar-refractivity contribution in [2.24, 2.45) is 0 Å². The predicted octanol–water partition coefficient (Wildman–Crippen LogP) is 5.92. The number of benzene rings is 4. The van der Waals surface area contributed by atoms with E-state index in [0.29, 0.717) is 27.8 Å². The summed E-state index contributed by atoms with van der Waals surface area (Å²) < 4.78 is 0. The van der Waals surface area contributed by atoms with Crippen molar-refractivity contribution < 1.29 is 10.2 Å². The van der Waals surface area contributed by atoms with E-state index in [9.17, 15) is 20.7 Å². The van der Waals surface area contributed by atoms with Gasteiger partial charge in [-0.1, -0.05) is 36.4 Å². The van der Waals surface area contributed by atoms with Crippen LogP contribution in [0.15, 0.2) is 91.0 Å². The van der Waals surface area contributed by atoms with E-state index in [2.05, 4.69) is 9.97 Å². The first-order chi connectivity index (χ1) is 17.1. The fourth-order valence-electron chi connectivity index (χ4n) is 4.00. The van der Waals surface area contributed by atoms with E-state index in [-0.39, 0.29) is 22.9 Å². The fraction of sp³-hybridized carbons (Fsp3) is 0. The molecule has 166 valence electrons. The summed E-state index contributed by atoms with van der Waals surface area (Å²) in [5.41, 5.74) is 4.31. The average Bonchev–Trinajstić information content (AvgIpc) is 2.88. The molecule has 0 aliphatic rings. The van der Waals surface area contributed by atoms with Crippen LogP contribution in [-0.4, -0.2) is 20.2 Å². The molecule has 0 radical (unpaired) electrons. The van der Waals surface area contributed by atoms with Gasteiger partial charge in [0, 0.05) is 23.0 Å². The minimum absolute atomic E-state index is 0.0559. The van der Waals surface area contributed by atoms with Gasteiger partial charge in [0.25, 0.3) is 0 Å². The van der Waals surface area contributed by atoms with E-state index in [0.717, 1.165) is 11.4 Å². The van der Waals surface area contributed by atoms with E-state index < -0.39 is 0 Å². The zero-order valence-corrected chi connectivity index (χ0v) is 18.3. The second-order valence-electron chi connectivity index (χ2n) is 7.75. The Morgan fingerprint density at radius 2 is 1.11 bits per heavy atom. The highest BCUT2D eigenvalue weighted by Crippen LogP contribution is 2.43. The highest BCUT2D eigenvalue weighted by molar-refractivity contribution is 5.96. The van der Waals surface area contributed by atoms with Crippen molar-refractivity contribution in [3.8, 4) is 34.8 Å². The van der Waals surface area contributed by atoms with Crippen LogP contribution in [0, 0.1) is 22.7 Å². The first-order valence-electron chi connectivity index (χ1n) is 10.7. The van der Waals surface area contributed by atoms with Crippen LogP contribution in [0.1, 0.15) is 11.4 Å². The van der Waals surface area contributed by atoms with Crippen LogP contribution >= 0.6 is 0 Å². The second kappa shape index (κ2) is 8.86. The summed E-state index contributed by atoms with van der Waals surface area (Å²) in [5, 5.41) is 39.3. The predicted molar refractivity (Wildman–Crippen MR) is 132 cm³/mol. The summed E-state index contributed by atoms with van der Waals surface area (Å²) >= 11 is 0. The molecular weight excluding hydrogens is 438 g/mol. The van der Waals surface area contributed by atoms with Crippen LogP contribution < -0.4 is 4.90 Å². The molecule has 0 bridgehead atoms. The molecule has 0 aliphatic heterocycles. The molecule has 0 spiro atoms. The SMILES string of the molecule is N#Cc1nc2cc(-c3cc(O)cc(O)c3)c(N(c3ccccc3)c3ccccc3)cc2nc1C#N. The summed E-state index contributed by atoms with van der Waals surface area (Å²) in [4.78, 5) is 10.8. The van der Waals surface area contributed by atoms with Crippen LogP contribution in [-0.2, 0) is 0 Å². The van der Waals surface area contributed by atoms with Crippen molar-refractivity contribution in [2.75, 3.05) is 4.90 Å². The number of hydrogen-bond acceptors (Lipinski definition) is 7. The molecule has 0 saturated heterocycles. The molecular formula is C28H17N5O2. The Morgan fingerprint density at radius 1 is 0.629 bits per heavy atom. The molecule has 0 aliphatic carbocycles. The first kappa shape index (κ1) is 21.4. The van der Waals surface area contributed by atoms with Crippen LogP contribution in [0.5, 0.6) is 11.5 Å². The van der Waals surface area contributed by atoms with Crippen molar-refractivity contribution >= 4 is 28.1 Å². The maximum atomic E-state index is 10.2. The van der Waals surface area contributed by atoms with E-state index in [1.54, 1.807) is 24.3 Å². The van der Waals surface area contributed by atoms with Gasteiger partial charge in [0.2, 0.25) is 0 Å². The fourth-order valence-corrected chi connectivity index (χ4v) is 4.00. The molecule has 7 nitrogen and oxygen atoms in total. The number of nitriles is 2. The number of aromatic hydroxyl groups is 2. The zero-order valence-electron chi connectivity index (χ0n) is 18.3. The smallest absolute Gasteiger partial charge is 0.177 e. The summed E-state index contributed by atoms with van der Waals surface area (Å²) in [6.07, 6.45) is 0. The van der Waals surface area contributed by atoms with Crippen molar-refractivity contribution in [3.63, 3.8) is 0 Å². The third-order valence-electron chi connectivity index (χ3n) is 5.48. The van der Waals surface area contributed by atoms with Crippen molar-refractivity contribution in [2.45, 2.75) is 0 Å².